The van der Waals surface area contributed by atoms with Crippen LogP contribution in [0.3, 0.4) is 0 Å². The van der Waals surface area contributed by atoms with Crippen molar-refractivity contribution in [2.45, 2.75) is 31.8 Å². The number of hydrogen-bond donors (Lipinski definition) is 2. The second-order valence-electron chi connectivity index (χ2n) is 7.35. The third-order valence-electron chi connectivity index (χ3n) is 5.11. The van der Waals surface area contributed by atoms with E-state index >= 15 is 0 Å². The molecule has 2 N–H and O–H groups in total. The topological polar surface area (TPSA) is 87.7 Å². The van der Waals surface area contributed by atoms with Crippen molar-refractivity contribution in [1.82, 2.24) is 10.6 Å². The number of ether oxygens (including phenoxy) is 1. The van der Waals surface area contributed by atoms with Gasteiger partial charge in [0.2, 0.25) is 11.8 Å². The lowest BCUT2D eigenvalue weighted by molar-refractivity contribution is -0.134. The van der Waals surface area contributed by atoms with Gasteiger partial charge in [-0.3, -0.25) is 14.4 Å². The van der Waals surface area contributed by atoms with E-state index in [1.165, 1.54) is 6.92 Å². The number of carbonyl (C=O) groups excluding carboxylic acids is 3. The third-order valence-corrected chi connectivity index (χ3v) is 5.11. The van der Waals surface area contributed by atoms with Gasteiger partial charge in [-0.2, -0.15) is 0 Å². The van der Waals surface area contributed by atoms with Gasteiger partial charge in [0.15, 0.2) is 5.54 Å². The van der Waals surface area contributed by atoms with Gasteiger partial charge in [0, 0.05) is 32.7 Å². The molecule has 1 aliphatic heterocycles. The average molecular weight is 409 g/mol. The molecule has 0 spiro atoms. The predicted octanol–water partition coefficient (Wildman–Crippen LogP) is 2.11. The van der Waals surface area contributed by atoms with Crippen molar-refractivity contribution in [1.29, 1.82) is 0 Å². The first-order valence-corrected chi connectivity index (χ1v) is 9.97. The monoisotopic (exact) mass is 409 g/mol. The van der Waals surface area contributed by atoms with Crippen LogP contribution < -0.4 is 15.5 Å². The van der Waals surface area contributed by atoms with Crippen LogP contribution in [-0.2, 0) is 31.2 Å². The highest BCUT2D eigenvalue weighted by molar-refractivity contribution is 6.11. The van der Waals surface area contributed by atoms with Gasteiger partial charge < -0.3 is 20.3 Å². The fourth-order valence-electron chi connectivity index (χ4n) is 3.83. The summed E-state index contributed by atoms with van der Waals surface area (Å²) < 4.78 is 4.99. The van der Waals surface area contributed by atoms with Crippen molar-refractivity contribution >= 4 is 23.4 Å². The molecule has 0 fully saturated rings. The van der Waals surface area contributed by atoms with E-state index in [1.807, 2.05) is 48.5 Å². The Labute approximate surface area is 176 Å². The number of nitrogens with zero attached hydrogens (tertiary/aromatic N) is 1. The van der Waals surface area contributed by atoms with E-state index in [9.17, 15) is 14.4 Å². The average Bonchev–Trinajstić information content (AvgIpc) is 2.94. The van der Waals surface area contributed by atoms with Crippen LogP contribution in [0.2, 0.25) is 0 Å². The molecule has 3 amide bonds. The Morgan fingerprint density at radius 2 is 1.77 bits per heavy atom. The van der Waals surface area contributed by atoms with Crippen LogP contribution in [0.4, 0.5) is 5.69 Å². The lowest BCUT2D eigenvalue weighted by Crippen LogP contribution is -2.54. The number of amides is 3. The number of fused-ring (bicyclic) bond motifs is 1. The highest BCUT2D eigenvalue weighted by Gasteiger charge is 2.52. The summed E-state index contributed by atoms with van der Waals surface area (Å²) in [7, 11) is 1.60. The maximum absolute atomic E-state index is 13.6. The summed E-state index contributed by atoms with van der Waals surface area (Å²) in [5.74, 6) is -0.980. The minimum Gasteiger partial charge on any atom is -0.385 e. The van der Waals surface area contributed by atoms with E-state index in [1.54, 1.807) is 18.1 Å². The molecule has 0 unspecified atom stereocenters. The van der Waals surface area contributed by atoms with E-state index in [0.29, 0.717) is 37.4 Å². The minimum absolute atomic E-state index is 0.166. The largest absolute Gasteiger partial charge is 0.385 e. The normalized spacial score (nSPS) is 17.5. The predicted molar refractivity (Wildman–Crippen MR) is 114 cm³/mol. The number of benzene rings is 2. The molecule has 3 rings (SSSR count). The quantitative estimate of drug-likeness (QED) is 0.621. The number of rotatable bonds is 9. The van der Waals surface area contributed by atoms with Gasteiger partial charge in [-0.1, -0.05) is 48.5 Å². The van der Waals surface area contributed by atoms with Crippen LogP contribution in [0.5, 0.6) is 0 Å². The highest BCUT2D eigenvalue weighted by Crippen LogP contribution is 2.43. The Balaban J connectivity index is 1.92. The molecular formula is C23H27N3O4. The molecular weight excluding hydrogens is 382 g/mol. The van der Waals surface area contributed by atoms with Gasteiger partial charge in [-0.05, 0) is 18.1 Å². The minimum atomic E-state index is -1.43. The molecule has 1 atom stereocenters. The Hall–Kier alpha value is -3.19. The van der Waals surface area contributed by atoms with Gasteiger partial charge in [0.1, 0.15) is 0 Å². The zero-order valence-corrected chi connectivity index (χ0v) is 17.3. The van der Waals surface area contributed by atoms with Crippen LogP contribution in [0.25, 0.3) is 0 Å². The molecule has 1 aliphatic rings. The molecule has 0 bridgehead atoms. The van der Waals surface area contributed by atoms with E-state index in [-0.39, 0.29) is 24.1 Å². The number of hydrogen-bond acceptors (Lipinski definition) is 4. The second-order valence-corrected chi connectivity index (χ2v) is 7.35. The van der Waals surface area contributed by atoms with Crippen molar-refractivity contribution < 1.29 is 19.1 Å². The van der Waals surface area contributed by atoms with Crippen LogP contribution >= 0.6 is 0 Å². The molecule has 7 heteroatoms. The first-order chi connectivity index (χ1) is 14.5. The number of methoxy groups -OCH3 is 1. The van der Waals surface area contributed by atoms with Crippen LogP contribution in [0.1, 0.15) is 30.9 Å². The van der Waals surface area contributed by atoms with E-state index in [4.69, 9.17) is 4.74 Å². The van der Waals surface area contributed by atoms with Crippen LogP contribution in [0.15, 0.2) is 54.6 Å². The zero-order chi connectivity index (χ0) is 21.6. The first kappa shape index (κ1) is 21.5. The summed E-state index contributed by atoms with van der Waals surface area (Å²) in [6.07, 6.45) is 0.501. The molecule has 2 aromatic rings. The van der Waals surface area contributed by atoms with Crippen molar-refractivity contribution in [3.8, 4) is 0 Å². The first-order valence-electron chi connectivity index (χ1n) is 9.97. The van der Waals surface area contributed by atoms with Crippen LogP contribution in [0, 0.1) is 0 Å². The molecule has 2 aromatic carbocycles. The molecule has 0 radical (unpaired) electrons. The molecule has 0 aliphatic carbocycles. The van der Waals surface area contributed by atoms with Crippen molar-refractivity contribution in [3.63, 3.8) is 0 Å². The Morgan fingerprint density at radius 1 is 1.07 bits per heavy atom. The number of carbonyl (C=O) groups is 3. The van der Waals surface area contributed by atoms with Gasteiger partial charge in [0.25, 0.3) is 5.91 Å². The number of anilines is 1. The summed E-state index contributed by atoms with van der Waals surface area (Å²) in [6.45, 7) is 2.68. The fraction of sp³-hybridized carbons (Fsp3) is 0.348. The zero-order valence-electron chi connectivity index (χ0n) is 17.3. The molecule has 0 aromatic heterocycles. The van der Waals surface area contributed by atoms with E-state index in [0.717, 1.165) is 5.56 Å². The highest BCUT2D eigenvalue weighted by atomic mass is 16.5. The summed E-state index contributed by atoms with van der Waals surface area (Å²) in [5, 5.41) is 5.61. The summed E-state index contributed by atoms with van der Waals surface area (Å²) in [4.78, 5) is 40.1. The maximum atomic E-state index is 13.6. The lowest BCUT2D eigenvalue weighted by atomic mass is 9.87. The Bertz CT molecular complexity index is 916. The van der Waals surface area contributed by atoms with Crippen molar-refractivity contribution in [3.05, 3.63) is 65.7 Å². The van der Waals surface area contributed by atoms with Gasteiger partial charge in [0.05, 0.1) is 18.7 Å². The molecule has 1 heterocycles. The van der Waals surface area contributed by atoms with E-state index < -0.39 is 5.54 Å². The van der Waals surface area contributed by atoms with Gasteiger partial charge in [-0.15, -0.1) is 0 Å². The smallest absolute Gasteiger partial charge is 0.258 e. The summed E-state index contributed by atoms with van der Waals surface area (Å²) in [6, 6.07) is 16.9. The van der Waals surface area contributed by atoms with E-state index in [2.05, 4.69) is 10.6 Å². The van der Waals surface area contributed by atoms with Gasteiger partial charge in [-0.25, -0.2) is 0 Å². The summed E-state index contributed by atoms with van der Waals surface area (Å²) >= 11 is 0. The number of para-hydroxylation sites is 1. The summed E-state index contributed by atoms with van der Waals surface area (Å²) in [5.41, 5.74) is 0.867. The standard InChI is InChI=1S/C23H27N3O4/c1-17(27)25-23(15-21(28)24-13-8-14-30-2)19-11-6-7-12-20(19)26(22(23)29)16-18-9-4-3-5-10-18/h3-7,9-12H,8,13-16H2,1-2H3,(H,24,28)(H,25,27)/t23-/m0/s1. The van der Waals surface area contributed by atoms with Gasteiger partial charge >= 0.3 is 0 Å². The lowest BCUT2D eigenvalue weighted by Gasteiger charge is -2.29. The third kappa shape index (κ3) is 4.52. The van der Waals surface area contributed by atoms with Crippen LogP contribution in [-0.4, -0.2) is 38.0 Å². The molecule has 7 nitrogen and oxygen atoms in total. The van der Waals surface area contributed by atoms with Crippen molar-refractivity contribution in [2.75, 3.05) is 25.2 Å². The Morgan fingerprint density at radius 3 is 2.47 bits per heavy atom. The SMILES string of the molecule is COCCCNC(=O)C[C@@]1(NC(C)=O)C(=O)N(Cc2ccccc2)c2ccccc21. The Kier molecular flexibility index (Phi) is 6.84. The molecule has 0 saturated carbocycles. The fourth-order valence-corrected chi connectivity index (χ4v) is 3.83. The number of nitrogens with one attached hydrogen (secondary N) is 2. The molecule has 0 saturated heterocycles. The maximum Gasteiger partial charge on any atom is 0.258 e. The second kappa shape index (κ2) is 9.54. The van der Waals surface area contributed by atoms with Crippen molar-refractivity contribution in [2.24, 2.45) is 0 Å². The molecule has 158 valence electrons. The molecule has 30 heavy (non-hydrogen) atoms.